The number of hydrogen-bond donors (Lipinski definition) is 4. The van der Waals surface area contributed by atoms with Gasteiger partial charge in [-0.1, -0.05) is 12.8 Å². The van der Waals surface area contributed by atoms with E-state index in [4.69, 9.17) is 0 Å². The summed E-state index contributed by atoms with van der Waals surface area (Å²) in [5, 5.41) is 4.96. The third-order valence-electron chi connectivity index (χ3n) is 3.76. The highest BCUT2D eigenvalue weighted by molar-refractivity contribution is 9.11. The summed E-state index contributed by atoms with van der Waals surface area (Å²) in [5.41, 5.74) is 0. The highest BCUT2D eigenvalue weighted by Crippen LogP contribution is 2.26. The Morgan fingerprint density at radius 1 is 0.688 bits per heavy atom. The van der Waals surface area contributed by atoms with E-state index in [2.05, 4.69) is 42.5 Å². The summed E-state index contributed by atoms with van der Waals surface area (Å²) in [6, 6.07) is 4.36. The average Bonchev–Trinajstić information content (AvgIpc) is 3.32. The number of halogens is 2. The van der Waals surface area contributed by atoms with Gasteiger partial charge in [-0.05, 0) is 69.0 Å². The second-order valence-electron chi connectivity index (χ2n) is 6.25. The highest BCUT2D eigenvalue weighted by Gasteiger charge is 2.20. The van der Waals surface area contributed by atoms with Crippen molar-refractivity contribution in [3.8, 4) is 0 Å². The van der Waals surface area contributed by atoms with Gasteiger partial charge in [-0.3, -0.25) is 0 Å². The summed E-state index contributed by atoms with van der Waals surface area (Å²) in [6.07, 6.45) is 2.70. The Labute approximate surface area is 210 Å². The first-order valence-corrected chi connectivity index (χ1v) is 15.3. The monoisotopic (exact) mass is 650 g/mol. The van der Waals surface area contributed by atoms with Crippen LogP contribution in [-0.2, 0) is 20.0 Å². The quantitative estimate of drug-likeness (QED) is 0.273. The normalized spacial score (nSPS) is 11.7. The molecule has 0 aromatic carbocycles. The van der Waals surface area contributed by atoms with E-state index < -0.39 is 32.1 Å². The Kier molecular flexibility index (Phi) is 10.4. The number of unbranched alkanes of at least 4 members (excludes halogenated alkanes) is 3. The van der Waals surface area contributed by atoms with Gasteiger partial charge in [-0.25, -0.2) is 35.9 Å². The van der Waals surface area contributed by atoms with Crippen molar-refractivity contribution in [2.45, 2.75) is 34.1 Å². The fraction of sp³-hybridized carbons (Fsp3) is 0.375. The molecule has 2 heterocycles. The van der Waals surface area contributed by atoms with E-state index in [-0.39, 0.29) is 21.5 Å². The largest absolute Gasteiger partial charge is 0.337 e. The fourth-order valence-corrected chi connectivity index (χ4v) is 8.19. The van der Waals surface area contributed by atoms with E-state index in [0.29, 0.717) is 20.4 Å². The number of sulfonamides is 2. The van der Waals surface area contributed by atoms with Gasteiger partial charge in [-0.2, -0.15) is 0 Å². The molecule has 0 bridgehead atoms. The minimum absolute atomic E-state index is 0.0344. The molecule has 2 aromatic rings. The summed E-state index contributed by atoms with van der Waals surface area (Å²) >= 11 is 8.34. The van der Waals surface area contributed by atoms with Gasteiger partial charge in [0.15, 0.2) is 0 Å². The van der Waals surface area contributed by atoms with E-state index in [1.165, 1.54) is 12.1 Å². The first-order chi connectivity index (χ1) is 15.0. The van der Waals surface area contributed by atoms with Gasteiger partial charge in [0, 0.05) is 13.1 Å². The fourth-order valence-electron chi connectivity index (χ4n) is 2.31. The van der Waals surface area contributed by atoms with Gasteiger partial charge >= 0.3 is 12.1 Å². The van der Waals surface area contributed by atoms with Gasteiger partial charge < -0.3 is 10.6 Å². The molecular weight excluding hydrogens is 632 g/mol. The van der Waals surface area contributed by atoms with Crippen molar-refractivity contribution in [2.24, 2.45) is 0 Å². The van der Waals surface area contributed by atoms with Crippen LogP contribution in [0.25, 0.3) is 0 Å². The molecule has 0 spiro atoms. The molecule has 4 amide bonds. The third-order valence-corrected chi connectivity index (χ3v) is 10.6. The number of thiophene rings is 2. The minimum atomic E-state index is -3.90. The van der Waals surface area contributed by atoms with E-state index in [1.54, 1.807) is 12.1 Å². The summed E-state index contributed by atoms with van der Waals surface area (Å²) < 4.78 is 53.3. The summed E-state index contributed by atoms with van der Waals surface area (Å²) in [4.78, 5) is 23.5. The smallest absolute Gasteiger partial charge is 0.328 e. The molecule has 4 N–H and O–H groups in total. The Hall–Kier alpha value is -1.20. The SMILES string of the molecule is O=C(NCCCCCCNC(=O)NS(=O)(=O)c1ccc(Br)s1)NS(=O)(=O)c1ccc(Br)s1. The van der Waals surface area contributed by atoms with Gasteiger partial charge in [0.05, 0.1) is 7.57 Å². The highest BCUT2D eigenvalue weighted by atomic mass is 79.9. The number of nitrogens with one attached hydrogen (secondary N) is 4. The molecule has 0 aliphatic carbocycles. The lowest BCUT2D eigenvalue weighted by atomic mass is 10.2. The molecule has 0 radical (unpaired) electrons. The maximum Gasteiger partial charge on any atom is 0.328 e. The van der Waals surface area contributed by atoms with Crippen LogP contribution in [0, 0.1) is 0 Å². The van der Waals surface area contributed by atoms with Crippen molar-refractivity contribution in [3.63, 3.8) is 0 Å². The second kappa shape index (κ2) is 12.3. The van der Waals surface area contributed by atoms with E-state index in [9.17, 15) is 26.4 Å². The predicted octanol–water partition coefficient (Wildman–Crippen LogP) is 3.57. The van der Waals surface area contributed by atoms with Crippen molar-refractivity contribution in [3.05, 3.63) is 31.8 Å². The van der Waals surface area contributed by atoms with Crippen LogP contribution >= 0.6 is 54.5 Å². The molecule has 0 aliphatic rings. The predicted molar refractivity (Wildman–Crippen MR) is 130 cm³/mol. The van der Waals surface area contributed by atoms with Crippen LogP contribution in [0.3, 0.4) is 0 Å². The number of urea groups is 2. The van der Waals surface area contributed by atoms with E-state index in [1.807, 2.05) is 9.44 Å². The summed E-state index contributed by atoms with van der Waals surface area (Å²) in [6.45, 7) is 0.579. The van der Waals surface area contributed by atoms with E-state index >= 15 is 0 Å². The van der Waals surface area contributed by atoms with Crippen LogP contribution in [0.1, 0.15) is 25.7 Å². The van der Waals surface area contributed by atoms with Gasteiger partial charge in [0.2, 0.25) is 0 Å². The van der Waals surface area contributed by atoms with Crippen molar-refractivity contribution in [1.29, 1.82) is 0 Å². The van der Waals surface area contributed by atoms with Crippen LogP contribution in [-0.4, -0.2) is 42.0 Å². The summed E-state index contributed by atoms with van der Waals surface area (Å²) in [7, 11) is -7.79. The Morgan fingerprint density at radius 3 is 1.38 bits per heavy atom. The molecule has 0 saturated carbocycles. The minimum Gasteiger partial charge on any atom is -0.337 e. The zero-order valence-electron chi connectivity index (χ0n) is 16.4. The maximum atomic E-state index is 12.0. The van der Waals surface area contributed by atoms with Crippen molar-refractivity contribution in [2.75, 3.05) is 13.1 Å². The number of amides is 4. The van der Waals surface area contributed by atoms with Crippen LogP contribution in [0.15, 0.2) is 40.3 Å². The molecule has 178 valence electrons. The van der Waals surface area contributed by atoms with Crippen LogP contribution in [0.5, 0.6) is 0 Å². The molecular formula is C16H20Br2N4O6S4. The van der Waals surface area contributed by atoms with Crippen LogP contribution < -0.4 is 20.1 Å². The first kappa shape index (κ1) is 27.0. The lowest BCUT2D eigenvalue weighted by Gasteiger charge is -2.08. The molecule has 16 heteroatoms. The molecule has 0 fully saturated rings. The van der Waals surface area contributed by atoms with Crippen LogP contribution in [0.2, 0.25) is 0 Å². The number of rotatable bonds is 11. The van der Waals surface area contributed by atoms with Crippen molar-refractivity contribution >= 4 is 86.6 Å². The van der Waals surface area contributed by atoms with Gasteiger partial charge in [-0.15, -0.1) is 22.7 Å². The Morgan fingerprint density at radius 2 is 1.06 bits per heavy atom. The lowest BCUT2D eigenvalue weighted by Crippen LogP contribution is -2.39. The summed E-state index contributed by atoms with van der Waals surface area (Å²) in [5.74, 6) is 0. The number of hydrogen-bond acceptors (Lipinski definition) is 8. The molecule has 0 aliphatic heterocycles. The molecule has 0 unspecified atom stereocenters. The van der Waals surface area contributed by atoms with Crippen molar-refractivity contribution < 1.29 is 26.4 Å². The Balaban J connectivity index is 1.55. The molecule has 0 saturated heterocycles. The number of carbonyl (C=O) groups excluding carboxylic acids is 2. The Bertz CT molecular complexity index is 1060. The van der Waals surface area contributed by atoms with Crippen molar-refractivity contribution in [1.82, 2.24) is 20.1 Å². The zero-order chi connectivity index (χ0) is 23.8. The van der Waals surface area contributed by atoms with Gasteiger partial charge in [0.25, 0.3) is 20.0 Å². The molecule has 0 atom stereocenters. The third kappa shape index (κ3) is 8.97. The van der Waals surface area contributed by atoms with E-state index in [0.717, 1.165) is 35.5 Å². The number of carbonyl (C=O) groups is 2. The molecule has 10 nitrogen and oxygen atoms in total. The van der Waals surface area contributed by atoms with Crippen LogP contribution in [0.4, 0.5) is 9.59 Å². The molecule has 32 heavy (non-hydrogen) atoms. The van der Waals surface area contributed by atoms with Gasteiger partial charge in [0.1, 0.15) is 8.42 Å². The maximum absolute atomic E-state index is 12.0. The average molecular weight is 652 g/mol. The standard InChI is InChI=1S/C16H20Br2N4O6S4/c17-11-5-7-13(29-11)31(25,26)21-15(23)19-9-3-1-2-4-10-20-16(24)22-32(27,28)14-8-6-12(18)30-14/h5-8H,1-4,9-10H2,(H2,19,21,23)(H2,20,22,24). The first-order valence-electron chi connectivity index (χ1n) is 9.11. The second-order valence-corrected chi connectivity index (χ2v) is 15.0. The zero-order valence-corrected chi connectivity index (χ0v) is 22.8. The molecule has 2 rings (SSSR count). The topological polar surface area (TPSA) is 151 Å². The molecule has 2 aromatic heterocycles. The lowest BCUT2D eigenvalue weighted by molar-refractivity contribution is 0.244.